The van der Waals surface area contributed by atoms with Crippen LogP contribution < -0.4 is 9.62 Å². The van der Waals surface area contributed by atoms with Gasteiger partial charge in [0, 0.05) is 32.2 Å². The number of hydrogen-bond acceptors (Lipinski definition) is 7. The van der Waals surface area contributed by atoms with Gasteiger partial charge in [-0.3, -0.25) is 4.79 Å². The predicted octanol–water partition coefficient (Wildman–Crippen LogP) is 2.45. The number of nitrogens with zero attached hydrogens (tertiary/aromatic N) is 5. The van der Waals surface area contributed by atoms with Crippen LogP contribution >= 0.6 is 0 Å². The highest BCUT2D eigenvalue weighted by molar-refractivity contribution is 7.89. The number of aromatic nitrogens is 3. The molecule has 1 saturated heterocycles. The number of nitrogens with one attached hydrogen (secondary N) is 1. The average Bonchev–Trinajstić information content (AvgIpc) is 2.89. The standard InChI is InChI=1S/C25H24N6O3S/c1-30-12-13-31(16-23(30)32)25-24-22(26-17-27-25)11-10-21(29-24)19-8-5-9-20(14-19)35(33,34)28-15-18-6-3-2-4-7-18/h2-11,14,17,28H,12-13,15-16H2,1H3. The van der Waals surface area contributed by atoms with E-state index < -0.39 is 10.0 Å². The molecule has 0 bridgehead atoms. The van der Waals surface area contributed by atoms with Crippen molar-refractivity contribution in [1.82, 2.24) is 24.6 Å². The fourth-order valence-corrected chi connectivity index (χ4v) is 5.00. The number of piperazine rings is 1. The average molecular weight is 489 g/mol. The summed E-state index contributed by atoms with van der Waals surface area (Å²) >= 11 is 0. The minimum absolute atomic E-state index is 0.0140. The SMILES string of the molecule is CN1CCN(c2ncnc3ccc(-c4cccc(S(=O)(=O)NCc5ccccc5)c4)nc23)CC1=O. The summed E-state index contributed by atoms with van der Waals surface area (Å²) in [7, 11) is -1.94. The van der Waals surface area contributed by atoms with Gasteiger partial charge in [-0.15, -0.1) is 0 Å². The number of benzene rings is 2. The summed E-state index contributed by atoms with van der Waals surface area (Å²) in [6, 6.07) is 19.6. The normalized spacial score (nSPS) is 14.5. The molecule has 0 saturated carbocycles. The molecule has 1 aliphatic rings. The summed E-state index contributed by atoms with van der Waals surface area (Å²) < 4.78 is 28.5. The molecule has 1 amide bonds. The molecule has 9 nitrogen and oxygen atoms in total. The minimum Gasteiger partial charge on any atom is -0.344 e. The molecular formula is C25H24N6O3S. The molecule has 1 N–H and O–H groups in total. The molecule has 10 heteroatoms. The number of likely N-dealkylation sites (N-methyl/N-ethyl adjacent to an activating group) is 1. The zero-order valence-electron chi connectivity index (χ0n) is 19.1. The number of rotatable bonds is 6. The molecule has 178 valence electrons. The van der Waals surface area contributed by atoms with Gasteiger partial charge in [-0.05, 0) is 29.8 Å². The maximum absolute atomic E-state index is 12.9. The van der Waals surface area contributed by atoms with Crippen LogP contribution in [-0.2, 0) is 21.4 Å². The van der Waals surface area contributed by atoms with E-state index in [4.69, 9.17) is 4.98 Å². The fourth-order valence-electron chi connectivity index (χ4n) is 3.94. The van der Waals surface area contributed by atoms with Gasteiger partial charge in [0.15, 0.2) is 5.82 Å². The van der Waals surface area contributed by atoms with Crippen molar-refractivity contribution in [3.8, 4) is 11.3 Å². The van der Waals surface area contributed by atoms with Crippen molar-refractivity contribution >= 4 is 32.8 Å². The Morgan fingerprint density at radius 1 is 0.971 bits per heavy atom. The second kappa shape index (κ2) is 9.40. The summed E-state index contributed by atoms with van der Waals surface area (Å²) in [5, 5.41) is 0. The van der Waals surface area contributed by atoms with E-state index >= 15 is 0 Å². The molecule has 0 spiro atoms. The molecule has 2 aromatic carbocycles. The van der Waals surface area contributed by atoms with E-state index in [0.717, 1.165) is 5.56 Å². The smallest absolute Gasteiger partial charge is 0.241 e. The fraction of sp³-hybridized carbons (Fsp3) is 0.200. The van der Waals surface area contributed by atoms with Gasteiger partial charge in [-0.2, -0.15) is 0 Å². The summed E-state index contributed by atoms with van der Waals surface area (Å²) in [6.07, 6.45) is 1.47. The largest absolute Gasteiger partial charge is 0.344 e. The quantitative estimate of drug-likeness (QED) is 0.444. The molecule has 1 aliphatic heterocycles. The van der Waals surface area contributed by atoms with Crippen molar-refractivity contribution in [3.05, 3.63) is 78.6 Å². The number of hydrogen-bond donors (Lipinski definition) is 1. The number of fused-ring (bicyclic) bond motifs is 1. The highest BCUT2D eigenvalue weighted by Gasteiger charge is 2.24. The Bertz CT molecular complexity index is 1490. The van der Waals surface area contributed by atoms with E-state index in [1.807, 2.05) is 47.4 Å². The summed E-state index contributed by atoms with van der Waals surface area (Å²) in [4.78, 5) is 29.5. The van der Waals surface area contributed by atoms with E-state index in [1.165, 1.54) is 6.33 Å². The lowest BCUT2D eigenvalue weighted by molar-refractivity contribution is -0.129. The van der Waals surface area contributed by atoms with Crippen molar-refractivity contribution in [2.24, 2.45) is 0 Å². The third-order valence-corrected chi connectivity index (χ3v) is 7.37. The zero-order valence-corrected chi connectivity index (χ0v) is 19.9. The van der Waals surface area contributed by atoms with Crippen molar-refractivity contribution in [2.45, 2.75) is 11.4 Å². The highest BCUT2D eigenvalue weighted by Crippen LogP contribution is 2.27. The van der Waals surface area contributed by atoms with Gasteiger partial charge in [0.05, 0.1) is 22.7 Å². The lowest BCUT2D eigenvalue weighted by atomic mass is 10.1. The molecule has 0 radical (unpaired) electrons. The highest BCUT2D eigenvalue weighted by atomic mass is 32.2. The first-order valence-corrected chi connectivity index (χ1v) is 12.6. The Morgan fingerprint density at radius 2 is 1.80 bits per heavy atom. The topological polar surface area (TPSA) is 108 Å². The first kappa shape index (κ1) is 22.9. The molecule has 1 fully saturated rings. The van der Waals surface area contributed by atoms with Crippen LogP contribution in [0.15, 0.2) is 78.0 Å². The van der Waals surface area contributed by atoms with Crippen LogP contribution in [0.2, 0.25) is 0 Å². The molecule has 2 aromatic heterocycles. The zero-order chi connectivity index (χ0) is 24.4. The second-order valence-electron chi connectivity index (χ2n) is 8.34. The number of pyridine rings is 1. The van der Waals surface area contributed by atoms with E-state index in [-0.39, 0.29) is 23.9 Å². The second-order valence-corrected chi connectivity index (χ2v) is 10.1. The number of anilines is 1. The van der Waals surface area contributed by atoms with Crippen LogP contribution in [0.25, 0.3) is 22.3 Å². The van der Waals surface area contributed by atoms with Gasteiger partial charge in [-0.1, -0.05) is 42.5 Å². The maximum atomic E-state index is 12.9. The van der Waals surface area contributed by atoms with Crippen LogP contribution in [-0.4, -0.2) is 60.9 Å². The summed E-state index contributed by atoms with van der Waals surface area (Å²) in [5.74, 6) is 0.603. The molecule has 0 aliphatic carbocycles. The van der Waals surface area contributed by atoms with E-state index in [9.17, 15) is 13.2 Å². The lowest BCUT2D eigenvalue weighted by Crippen LogP contribution is -2.49. The van der Waals surface area contributed by atoms with Crippen molar-refractivity contribution in [3.63, 3.8) is 0 Å². The van der Waals surface area contributed by atoms with Gasteiger partial charge >= 0.3 is 0 Å². The Kier molecular flexibility index (Phi) is 6.14. The third-order valence-electron chi connectivity index (χ3n) is 5.97. The molecule has 35 heavy (non-hydrogen) atoms. The van der Waals surface area contributed by atoms with E-state index in [1.54, 1.807) is 36.2 Å². The number of carbonyl (C=O) groups is 1. The van der Waals surface area contributed by atoms with Crippen LogP contribution in [0.5, 0.6) is 0 Å². The van der Waals surface area contributed by atoms with Crippen LogP contribution in [0.3, 0.4) is 0 Å². The molecule has 0 atom stereocenters. The van der Waals surface area contributed by atoms with Gasteiger partial charge in [0.2, 0.25) is 15.9 Å². The Balaban J connectivity index is 1.46. The lowest BCUT2D eigenvalue weighted by Gasteiger charge is -2.32. The van der Waals surface area contributed by atoms with Gasteiger partial charge < -0.3 is 9.80 Å². The Labute approximate surface area is 203 Å². The first-order valence-electron chi connectivity index (χ1n) is 11.2. The Morgan fingerprint density at radius 3 is 2.60 bits per heavy atom. The number of amides is 1. The summed E-state index contributed by atoms with van der Waals surface area (Å²) in [5.41, 5.74) is 3.34. The van der Waals surface area contributed by atoms with Gasteiger partial charge in [0.1, 0.15) is 11.8 Å². The predicted molar refractivity (Wildman–Crippen MR) is 133 cm³/mol. The van der Waals surface area contributed by atoms with E-state index in [0.29, 0.717) is 41.2 Å². The van der Waals surface area contributed by atoms with Crippen molar-refractivity contribution < 1.29 is 13.2 Å². The van der Waals surface area contributed by atoms with Gasteiger partial charge in [-0.25, -0.2) is 28.1 Å². The van der Waals surface area contributed by atoms with E-state index in [2.05, 4.69) is 14.7 Å². The first-order chi connectivity index (χ1) is 16.9. The van der Waals surface area contributed by atoms with Crippen LogP contribution in [0.4, 0.5) is 5.82 Å². The third kappa shape index (κ3) is 4.84. The molecular weight excluding hydrogens is 464 g/mol. The van der Waals surface area contributed by atoms with Gasteiger partial charge in [0.25, 0.3) is 0 Å². The summed E-state index contributed by atoms with van der Waals surface area (Å²) in [6.45, 7) is 1.66. The maximum Gasteiger partial charge on any atom is 0.241 e. The monoisotopic (exact) mass is 488 g/mol. The van der Waals surface area contributed by atoms with Crippen LogP contribution in [0.1, 0.15) is 5.56 Å². The number of sulfonamides is 1. The number of carbonyl (C=O) groups excluding carboxylic acids is 1. The van der Waals surface area contributed by atoms with Crippen molar-refractivity contribution in [1.29, 1.82) is 0 Å². The molecule has 0 unspecified atom stereocenters. The Hall–Kier alpha value is -3.89. The minimum atomic E-state index is -3.72. The molecule has 3 heterocycles. The molecule has 5 rings (SSSR count). The van der Waals surface area contributed by atoms with Crippen LogP contribution in [0, 0.1) is 0 Å². The van der Waals surface area contributed by atoms with Crippen molar-refractivity contribution in [2.75, 3.05) is 31.6 Å². The molecule has 4 aromatic rings.